The van der Waals surface area contributed by atoms with Gasteiger partial charge in [0.2, 0.25) is 0 Å². The first-order valence-electron chi connectivity index (χ1n) is 9.25. The van der Waals surface area contributed by atoms with Crippen molar-refractivity contribution in [2.75, 3.05) is 6.61 Å². The Hall–Kier alpha value is -2.88. The van der Waals surface area contributed by atoms with Crippen molar-refractivity contribution in [1.29, 1.82) is 0 Å². The van der Waals surface area contributed by atoms with Gasteiger partial charge in [-0.1, -0.05) is 57.2 Å². The van der Waals surface area contributed by atoms with E-state index in [1.54, 1.807) is 12.5 Å². The number of rotatable bonds is 7. The number of ether oxygens (including phenoxy) is 1. The van der Waals surface area contributed by atoms with Gasteiger partial charge in [0.1, 0.15) is 11.5 Å². The number of hydrogen-bond acceptors (Lipinski definition) is 3. The molecular formula is C23H26N2O2. The van der Waals surface area contributed by atoms with Crippen LogP contribution in [-0.2, 0) is 17.6 Å². The summed E-state index contributed by atoms with van der Waals surface area (Å²) in [7, 11) is 0. The summed E-state index contributed by atoms with van der Waals surface area (Å²) in [6, 6.07) is 16.2. The fourth-order valence-corrected chi connectivity index (χ4v) is 2.77. The Balaban J connectivity index is 1.57. The zero-order chi connectivity index (χ0) is 19.3. The number of hydrogen-bond donors (Lipinski definition) is 1. The van der Waals surface area contributed by atoms with Gasteiger partial charge in [-0.25, -0.2) is 4.98 Å². The van der Waals surface area contributed by atoms with Gasteiger partial charge in [0, 0.05) is 23.8 Å². The van der Waals surface area contributed by atoms with Gasteiger partial charge in [0.25, 0.3) is 0 Å². The fraction of sp³-hybridized carbons (Fsp3) is 0.304. The molecule has 3 rings (SSSR count). The molecule has 1 aromatic heterocycles. The smallest absolute Gasteiger partial charge is 0.142 e. The van der Waals surface area contributed by atoms with Gasteiger partial charge < -0.3 is 9.72 Å². The summed E-state index contributed by atoms with van der Waals surface area (Å²) in [6.45, 7) is 6.47. The SMILES string of the molecule is CC(C)(C)C(=O)Cc1ccc(CCOc2ccccc2-c2cnc[nH]2)cc1. The minimum absolute atomic E-state index is 0.258. The lowest BCUT2D eigenvalue weighted by atomic mass is 9.87. The number of benzene rings is 2. The summed E-state index contributed by atoms with van der Waals surface area (Å²) in [4.78, 5) is 19.3. The molecule has 2 aromatic carbocycles. The summed E-state index contributed by atoms with van der Waals surface area (Å²) in [5.74, 6) is 1.10. The number of H-pyrrole nitrogens is 1. The minimum atomic E-state index is -0.297. The van der Waals surface area contributed by atoms with E-state index in [2.05, 4.69) is 22.1 Å². The van der Waals surface area contributed by atoms with Crippen molar-refractivity contribution in [1.82, 2.24) is 9.97 Å². The van der Waals surface area contributed by atoms with Gasteiger partial charge in [0.05, 0.1) is 24.8 Å². The molecule has 0 atom stereocenters. The molecule has 0 fully saturated rings. The summed E-state index contributed by atoms with van der Waals surface area (Å²) < 4.78 is 6.00. The molecule has 4 nitrogen and oxygen atoms in total. The number of imidazole rings is 1. The van der Waals surface area contributed by atoms with Crippen molar-refractivity contribution < 1.29 is 9.53 Å². The molecule has 0 radical (unpaired) electrons. The molecule has 27 heavy (non-hydrogen) atoms. The lowest BCUT2D eigenvalue weighted by Gasteiger charge is -2.16. The number of nitrogens with zero attached hydrogens (tertiary/aromatic N) is 1. The summed E-state index contributed by atoms with van der Waals surface area (Å²) >= 11 is 0. The zero-order valence-electron chi connectivity index (χ0n) is 16.2. The van der Waals surface area contributed by atoms with Crippen LogP contribution < -0.4 is 4.74 Å². The Kier molecular flexibility index (Phi) is 5.75. The summed E-state index contributed by atoms with van der Waals surface area (Å²) in [5.41, 5.74) is 3.91. The quantitative estimate of drug-likeness (QED) is 0.653. The van der Waals surface area contributed by atoms with Gasteiger partial charge in [-0.15, -0.1) is 0 Å². The predicted octanol–water partition coefficient (Wildman–Crippen LogP) is 4.86. The van der Waals surface area contributed by atoms with Crippen LogP contribution in [-0.4, -0.2) is 22.4 Å². The molecule has 0 amide bonds. The van der Waals surface area contributed by atoms with Gasteiger partial charge in [0.15, 0.2) is 0 Å². The molecule has 0 spiro atoms. The van der Waals surface area contributed by atoms with E-state index in [-0.39, 0.29) is 11.2 Å². The third-order valence-corrected chi connectivity index (χ3v) is 4.55. The fourth-order valence-electron chi connectivity index (χ4n) is 2.77. The molecule has 0 aliphatic heterocycles. The van der Waals surface area contributed by atoms with E-state index < -0.39 is 0 Å². The largest absolute Gasteiger partial charge is 0.493 e. The molecule has 1 N–H and O–H groups in total. The van der Waals surface area contributed by atoms with E-state index in [0.29, 0.717) is 13.0 Å². The van der Waals surface area contributed by atoms with Gasteiger partial charge in [-0.3, -0.25) is 4.79 Å². The van der Waals surface area contributed by atoms with Gasteiger partial charge in [-0.05, 0) is 23.3 Å². The van der Waals surface area contributed by atoms with Crippen LogP contribution in [0.3, 0.4) is 0 Å². The number of carbonyl (C=O) groups excluding carboxylic acids is 1. The van der Waals surface area contributed by atoms with Gasteiger partial charge in [-0.2, -0.15) is 0 Å². The van der Waals surface area contributed by atoms with Crippen LogP contribution in [0.5, 0.6) is 5.75 Å². The van der Waals surface area contributed by atoms with Crippen molar-refractivity contribution in [2.24, 2.45) is 5.41 Å². The first kappa shape index (κ1) is 18.9. The average Bonchev–Trinajstić information content (AvgIpc) is 3.17. The highest BCUT2D eigenvalue weighted by atomic mass is 16.5. The number of carbonyl (C=O) groups is 1. The maximum atomic E-state index is 12.2. The minimum Gasteiger partial charge on any atom is -0.493 e. The second kappa shape index (κ2) is 8.21. The zero-order valence-corrected chi connectivity index (χ0v) is 16.2. The van der Waals surface area contributed by atoms with Crippen LogP contribution in [0, 0.1) is 5.41 Å². The van der Waals surface area contributed by atoms with Crippen LogP contribution in [0.2, 0.25) is 0 Å². The van der Waals surface area contributed by atoms with Crippen molar-refractivity contribution in [3.05, 3.63) is 72.2 Å². The van der Waals surface area contributed by atoms with Crippen molar-refractivity contribution >= 4 is 5.78 Å². The number of para-hydroxylation sites is 1. The van der Waals surface area contributed by atoms with E-state index >= 15 is 0 Å². The molecule has 0 unspecified atom stereocenters. The number of aromatic amines is 1. The van der Waals surface area contributed by atoms with Crippen LogP contribution in [0.4, 0.5) is 0 Å². The van der Waals surface area contributed by atoms with Crippen LogP contribution in [0.1, 0.15) is 31.9 Å². The highest BCUT2D eigenvalue weighted by molar-refractivity contribution is 5.85. The summed E-state index contributed by atoms with van der Waals surface area (Å²) in [5, 5.41) is 0. The van der Waals surface area contributed by atoms with E-state index in [4.69, 9.17) is 4.74 Å². The highest BCUT2D eigenvalue weighted by Gasteiger charge is 2.20. The van der Waals surface area contributed by atoms with Crippen LogP contribution >= 0.6 is 0 Å². The predicted molar refractivity (Wildman–Crippen MR) is 108 cm³/mol. The maximum Gasteiger partial charge on any atom is 0.142 e. The molecule has 1 heterocycles. The first-order valence-corrected chi connectivity index (χ1v) is 9.25. The molecule has 0 aliphatic carbocycles. The number of nitrogens with one attached hydrogen (secondary N) is 1. The third-order valence-electron chi connectivity index (χ3n) is 4.55. The summed E-state index contributed by atoms with van der Waals surface area (Å²) in [6.07, 6.45) is 4.75. The van der Waals surface area contributed by atoms with Crippen molar-refractivity contribution in [3.63, 3.8) is 0 Å². The maximum absolute atomic E-state index is 12.2. The average molecular weight is 362 g/mol. The topological polar surface area (TPSA) is 55.0 Å². The standard InChI is InChI=1S/C23H26N2O2/c1-23(2,3)22(26)14-18-10-8-17(9-11-18)12-13-27-21-7-5-4-6-19(21)20-15-24-16-25-20/h4-11,15-16H,12-14H2,1-3H3,(H,24,25). The second-order valence-corrected chi connectivity index (χ2v) is 7.73. The molecule has 0 bridgehead atoms. The van der Waals surface area contributed by atoms with Crippen molar-refractivity contribution in [3.8, 4) is 17.0 Å². The molecule has 0 saturated carbocycles. The normalized spacial score (nSPS) is 11.4. The monoisotopic (exact) mass is 362 g/mol. The number of ketones is 1. The number of aromatic nitrogens is 2. The third kappa shape index (κ3) is 5.07. The lowest BCUT2D eigenvalue weighted by Crippen LogP contribution is -2.22. The number of Topliss-reactive ketones (excluding diaryl/α,β-unsaturated/α-hetero) is 1. The Labute approximate surface area is 160 Å². The molecule has 3 aromatic rings. The first-order chi connectivity index (χ1) is 12.9. The van der Waals surface area contributed by atoms with Crippen molar-refractivity contribution in [2.45, 2.75) is 33.6 Å². The van der Waals surface area contributed by atoms with E-state index in [0.717, 1.165) is 29.0 Å². The Morgan fingerprint density at radius 2 is 1.74 bits per heavy atom. The van der Waals surface area contributed by atoms with E-state index in [9.17, 15) is 4.79 Å². The molecule has 4 heteroatoms. The highest BCUT2D eigenvalue weighted by Crippen LogP contribution is 2.28. The molecular weight excluding hydrogens is 336 g/mol. The van der Waals surface area contributed by atoms with Crippen LogP contribution in [0.15, 0.2) is 61.1 Å². The van der Waals surface area contributed by atoms with Crippen LogP contribution in [0.25, 0.3) is 11.3 Å². The molecule has 0 saturated heterocycles. The van der Waals surface area contributed by atoms with E-state index in [1.165, 1.54) is 5.56 Å². The molecule has 0 aliphatic rings. The van der Waals surface area contributed by atoms with E-state index in [1.807, 2.05) is 57.2 Å². The lowest BCUT2D eigenvalue weighted by molar-refractivity contribution is -0.125. The van der Waals surface area contributed by atoms with Gasteiger partial charge >= 0.3 is 0 Å². The Bertz CT molecular complexity index is 875. The molecule has 140 valence electrons. The second-order valence-electron chi connectivity index (χ2n) is 7.73. The Morgan fingerprint density at radius 1 is 1.04 bits per heavy atom. The Morgan fingerprint density at radius 3 is 2.41 bits per heavy atom.